The van der Waals surface area contributed by atoms with E-state index in [4.69, 9.17) is 17.3 Å². The van der Waals surface area contributed by atoms with E-state index < -0.39 is 35.2 Å². The first kappa shape index (κ1) is 23.9. The second-order valence-electron chi connectivity index (χ2n) is 8.66. The minimum atomic E-state index is -1.53. The SMILES string of the molecule is CN(C)CC1CN(c2c(F)cc3c(=O)c(C(=O)O)cn(-c4cc(N)c(F)cc4CO)c3c2Cl)C1. The topological polar surface area (TPSA) is 112 Å². The number of halogens is 3. The molecule has 0 amide bonds. The van der Waals surface area contributed by atoms with Crippen molar-refractivity contribution in [3.63, 3.8) is 0 Å². The van der Waals surface area contributed by atoms with Gasteiger partial charge in [0.05, 0.1) is 39.6 Å². The Morgan fingerprint density at radius 3 is 2.50 bits per heavy atom. The number of carbonyl (C=O) groups is 1. The van der Waals surface area contributed by atoms with E-state index in [0.717, 1.165) is 24.9 Å². The van der Waals surface area contributed by atoms with E-state index >= 15 is 4.39 Å². The van der Waals surface area contributed by atoms with Gasteiger partial charge in [0.2, 0.25) is 5.43 Å². The van der Waals surface area contributed by atoms with E-state index in [1.807, 2.05) is 19.0 Å². The van der Waals surface area contributed by atoms with Crippen LogP contribution in [0.15, 0.2) is 29.2 Å². The number of hydrogen-bond acceptors (Lipinski definition) is 6. The van der Waals surface area contributed by atoms with Gasteiger partial charge in [-0.25, -0.2) is 13.6 Å². The molecule has 1 aromatic heterocycles. The van der Waals surface area contributed by atoms with Crippen LogP contribution in [-0.4, -0.2) is 59.4 Å². The number of aliphatic hydroxyl groups is 1. The third-order valence-electron chi connectivity index (χ3n) is 5.91. The van der Waals surface area contributed by atoms with E-state index in [9.17, 15) is 24.2 Å². The summed E-state index contributed by atoms with van der Waals surface area (Å²) in [6, 6.07) is 3.17. The van der Waals surface area contributed by atoms with Crippen LogP contribution in [0.25, 0.3) is 16.6 Å². The molecule has 0 radical (unpaired) electrons. The Morgan fingerprint density at radius 1 is 1.24 bits per heavy atom. The van der Waals surface area contributed by atoms with Gasteiger partial charge in [-0.1, -0.05) is 11.6 Å². The van der Waals surface area contributed by atoms with Crippen molar-refractivity contribution in [3.05, 3.63) is 62.4 Å². The molecule has 0 saturated carbocycles. The summed E-state index contributed by atoms with van der Waals surface area (Å²) in [5.41, 5.74) is 4.21. The molecule has 8 nitrogen and oxygen atoms in total. The highest BCUT2D eigenvalue weighted by Gasteiger charge is 2.32. The summed E-state index contributed by atoms with van der Waals surface area (Å²) in [6.07, 6.45) is 1.03. The van der Waals surface area contributed by atoms with Crippen molar-refractivity contribution in [2.24, 2.45) is 5.92 Å². The summed E-state index contributed by atoms with van der Waals surface area (Å²) in [5, 5.41) is 19.0. The van der Waals surface area contributed by atoms with Crippen molar-refractivity contribution >= 4 is 39.8 Å². The number of rotatable bonds is 6. The summed E-state index contributed by atoms with van der Waals surface area (Å²) in [5.74, 6) is -2.76. The molecule has 0 aliphatic carbocycles. The molecular weight excluding hydrogens is 470 g/mol. The predicted octanol–water partition coefficient (Wildman–Crippen LogP) is 2.69. The smallest absolute Gasteiger partial charge is 0.341 e. The first-order valence-corrected chi connectivity index (χ1v) is 10.8. The lowest BCUT2D eigenvalue weighted by molar-refractivity contribution is 0.0695. The average molecular weight is 493 g/mol. The van der Waals surface area contributed by atoms with Gasteiger partial charge in [-0.3, -0.25) is 4.79 Å². The average Bonchev–Trinajstić information content (AvgIpc) is 2.73. The maximum atomic E-state index is 15.2. The van der Waals surface area contributed by atoms with Gasteiger partial charge in [0, 0.05) is 37.3 Å². The van der Waals surface area contributed by atoms with Crippen molar-refractivity contribution < 1.29 is 23.8 Å². The Bertz CT molecular complexity index is 1370. The number of carboxylic acid groups (broad SMARTS) is 1. The molecule has 0 atom stereocenters. The molecule has 3 aromatic rings. The first-order chi connectivity index (χ1) is 16.0. The van der Waals surface area contributed by atoms with Crippen molar-refractivity contribution in [2.75, 3.05) is 44.4 Å². The fourth-order valence-electron chi connectivity index (χ4n) is 4.39. The number of nitrogen functional groups attached to an aromatic ring is 1. The van der Waals surface area contributed by atoms with Crippen molar-refractivity contribution in [2.45, 2.75) is 6.61 Å². The van der Waals surface area contributed by atoms with E-state index in [2.05, 4.69) is 0 Å². The van der Waals surface area contributed by atoms with Crippen LogP contribution in [-0.2, 0) is 6.61 Å². The summed E-state index contributed by atoms with van der Waals surface area (Å²) in [6.45, 7) is 1.30. The number of aromatic nitrogens is 1. The Morgan fingerprint density at radius 2 is 1.91 bits per heavy atom. The normalized spacial score (nSPS) is 14.1. The van der Waals surface area contributed by atoms with Gasteiger partial charge in [0.1, 0.15) is 17.2 Å². The third kappa shape index (κ3) is 3.97. The zero-order valence-corrected chi connectivity index (χ0v) is 19.2. The van der Waals surface area contributed by atoms with E-state index in [-0.39, 0.29) is 38.6 Å². The monoisotopic (exact) mass is 492 g/mol. The molecule has 2 aromatic carbocycles. The van der Waals surface area contributed by atoms with E-state index in [1.54, 1.807) is 4.90 Å². The summed E-state index contributed by atoms with van der Waals surface area (Å²) >= 11 is 6.67. The van der Waals surface area contributed by atoms with E-state index in [1.165, 1.54) is 10.6 Å². The van der Waals surface area contributed by atoms with Gasteiger partial charge in [-0.05, 0) is 32.3 Å². The molecule has 0 unspecified atom stereocenters. The molecule has 180 valence electrons. The number of aliphatic hydroxyl groups excluding tert-OH is 1. The molecule has 4 N–H and O–H groups in total. The highest BCUT2D eigenvalue weighted by Crippen LogP contribution is 2.40. The molecule has 4 rings (SSSR count). The molecule has 34 heavy (non-hydrogen) atoms. The van der Waals surface area contributed by atoms with Crippen LogP contribution in [0.3, 0.4) is 0 Å². The Kier molecular flexibility index (Phi) is 6.24. The van der Waals surface area contributed by atoms with Crippen LogP contribution < -0.4 is 16.1 Å². The number of nitrogens with two attached hydrogens (primary N) is 1. The first-order valence-electron chi connectivity index (χ1n) is 10.4. The quantitative estimate of drug-likeness (QED) is 0.453. The highest BCUT2D eigenvalue weighted by atomic mass is 35.5. The Hall–Kier alpha value is -3.21. The predicted molar refractivity (Wildman–Crippen MR) is 126 cm³/mol. The lowest BCUT2D eigenvalue weighted by Gasteiger charge is -2.42. The fraction of sp³-hybridized carbons (Fsp3) is 0.304. The van der Waals surface area contributed by atoms with Gasteiger partial charge >= 0.3 is 5.97 Å². The van der Waals surface area contributed by atoms with Crippen LogP contribution in [0.5, 0.6) is 0 Å². The largest absolute Gasteiger partial charge is 0.477 e. The molecule has 2 heterocycles. The van der Waals surface area contributed by atoms with Gasteiger partial charge in [0.15, 0.2) is 0 Å². The van der Waals surface area contributed by atoms with E-state index in [0.29, 0.717) is 19.0 Å². The fourth-order valence-corrected chi connectivity index (χ4v) is 4.79. The van der Waals surface area contributed by atoms with Gasteiger partial charge in [-0.2, -0.15) is 0 Å². The Balaban J connectivity index is 2.01. The second kappa shape index (κ2) is 8.86. The molecular formula is C23H23ClF2N4O4. The van der Waals surface area contributed by atoms with Crippen LogP contribution in [0.2, 0.25) is 5.02 Å². The van der Waals surface area contributed by atoms with Gasteiger partial charge in [-0.15, -0.1) is 0 Å². The lowest BCUT2D eigenvalue weighted by atomic mass is 9.98. The molecule has 1 aliphatic heterocycles. The molecule has 0 spiro atoms. The number of hydrogen-bond donors (Lipinski definition) is 3. The number of carboxylic acids is 1. The van der Waals surface area contributed by atoms with Crippen LogP contribution in [0.1, 0.15) is 15.9 Å². The minimum Gasteiger partial charge on any atom is -0.477 e. The third-order valence-corrected chi connectivity index (χ3v) is 6.27. The van der Waals surface area contributed by atoms with Gasteiger partial charge < -0.3 is 30.3 Å². The number of pyridine rings is 1. The maximum Gasteiger partial charge on any atom is 0.341 e. The number of fused-ring (bicyclic) bond motifs is 1. The van der Waals surface area contributed by atoms with Crippen LogP contribution in [0, 0.1) is 17.6 Å². The summed E-state index contributed by atoms with van der Waals surface area (Å²) < 4.78 is 30.5. The van der Waals surface area contributed by atoms with Crippen LogP contribution in [0.4, 0.5) is 20.2 Å². The molecule has 11 heteroatoms. The van der Waals surface area contributed by atoms with Gasteiger partial charge in [0.25, 0.3) is 0 Å². The number of nitrogens with zero attached hydrogens (tertiary/aromatic N) is 3. The lowest BCUT2D eigenvalue weighted by Crippen LogP contribution is -2.51. The highest BCUT2D eigenvalue weighted by molar-refractivity contribution is 6.38. The van der Waals surface area contributed by atoms with Crippen molar-refractivity contribution in [1.29, 1.82) is 0 Å². The molecule has 0 bridgehead atoms. The number of benzene rings is 2. The standard InChI is InChI=1S/C23H23ClF2N4O4/c1-28(2)6-11-7-29(8-11)21-16(26)4-13-20(19(21)24)30(9-14(22(13)32)23(33)34)18-5-17(27)15(25)3-12(18)10-31/h3-5,9,11,31H,6-8,10,27H2,1-2H3,(H,33,34). The Labute approximate surface area is 198 Å². The summed E-state index contributed by atoms with van der Waals surface area (Å²) in [7, 11) is 3.89. The number of anilines is 2. The summed E-state index contributed by atoms with van der Waals surface area (Å²) in [4.78, 5) is 28.4. The van der Waals surface area contributed by atoms with Crippen LogP contribution >= 0.6 is 11.6 Å². The molecule has 1 saturated heterocycles. The zero-order chi connectivity index (χ0) is 24.9. The minimum absolute atomic E-state index is 0.0323. The zero-order valence-electron chi connectivity index (χ0n) is 18.5. The molecule has 1 fully saturated rings. The van der Waals surface area contributed by atoms with Crippen molar-refractivity contribution in [3.8, 4) is 5.69 Å². The maximum absolute atomic E-state index is 15.2. The van der Waals surface area contributed by atoms with Crippen molar-refractivity contribution in [1.82, 2.24) is 9.47 Å². The molecule has 1 aliphatic rings. The number of aromatic carboxylic acids is 1. The second-order valence-corrected chi connectivity index (χ2v) is 9.04.